The maximum atomic E-state index is 12.3. The summed E-state index contributed by atoms with van der Waals surface area (Å²) < 4.78 is 0. The molecular formula is C13H18ClN3O. The molecule has 2 rings (SSSR count). The third-order valence-electron chi connectivity index (χ3n) is 3.52. The van der Waals surface area contributed by atoms with E-state index in [1.807, 2.05) is 4.90 Å². The normalized spacial score (nSPS) is 19.6. The molecule has 1 aliphatic rings. The molecule has 1 atom stereocenters. The van der Waals surface area contributed by atoms with Crippen LogP contribution in [0.15, 0.2) is 12.1 Å². The van der Waals surface area contributed by atoms with Crippen molar-refractivity contribution < 1.29 is 4.79 Å². The van der Waals surface area contributed by atoms with Gasteiger partial charge in [-0.05, 0) is 30.4 Å². The van der Waals surface area contributed by atoms with Gasteiger partial charge in [0, 0.05) is 18.7 Å². The standard InChI is InChI=1S/C13H18ClN3O/c1-8(2)9-3-4-17(7-9)13(18)10-5-11(14)16-12(15)6-10/h5-6,8-9H,3-4,7H2,1-2H3,(H2,15,16). The summed E-state index contributed by atoms with van der Waals surface area (Å²) in [5.41, 5.74) is 6.13. The zero-order valence-electron chi connectivity index (χ0n) is 10.7. The highest BCUT2D eigenvalue weighted by Gasteiger charge is 2.28. The lowest BCUT2D eigenvalue weighted by molar-refractivity contribution is 0.0784. The van der Waals surface area contributed by atoms with Crippen molar-refractivity contribution in [1.29, 1.82) is 0 Å². The molecule has 0 aromatic carbocycles. The molecule has 0 radical (unpaired) electrons. The minimum Gasteiger partial charge on any atom is -0.384 e. The van der Waals surface area contributed by atoms with Gasteiger partial charge in [0.15, 0.2) is 0 Å². The van der Waals surface area contributed by atoms with Crippen molar-refractivity contribution in [3.05, 3.63) is 22.8 Å². The van der Waals surface area contributed by atoms with Crippen LogP contribution in [-0.2, 0) is 0 Å². The molecule has 2 N–H and O–H groups in total. The highest BCUT2D eigenvalue weighted by molar-refractivity contribution is 6.29. The molecule has 1 unspecified atom stereocenters. The van der Waals surface area contributed by atoms with Gasteiger partial charge in [-0.1, -0.05) is 25.4 Å². The van der Waals surface area contributed by atoms with Crippen LogP contribution in [0.3, 0.4) is 0 Å². The van der Waals surface area contributed by atoms with E-state index in [0.29, 0.717) is 17.4 Å². The lowest BCUT2D eigenvalue weighted by Gasteiger charge is -2.18. The van der Waals surface area contributed by atoms with E-state index in [0.717, 1.165) is 19.5 Å². The van der Waals surface area contributed by atoms with Crippen molar-refractivity contribution in [3.63, 3.8) is 0 Å². The molecule has 98 valence electrons. The fourth-order valence-corrected chi connectivity index (χ4v) is 2.55. The SMILES string of the molecule is CC(C)C1CCN(C(=O)c2cc(N)nc(Cl)c2)C1. The van der Waals surface area contributed by atoms with Crippen LogP contribution in [0.2, 0.25) is 5.15 Å². The van der Waals surface area contributed by atoms with Crippen LogP contribution in [0.5, 0.6) is 0 Å². The summed E-state index contributed by atoms with van der Waals surface area (Å²) in [5, 5.41) is 0.262. The highest BCUT2D eigenvalue weighted by atomic mass is 35.5. The minimum atomic E-state index is -0.00542. The zero-order chi connectivity index (χ0) is 13.3. The Morgan fingerprint density at radius 3 is 2.83 bits per heavy atom. The number of aromatic nitrogens is 1. The van der Waals surface area contributed by atoms with Gasteiger partial charge in [0.25, 0.3) is 5.91 Å². The van der Waals surface area contributed by atoms with E-state index in [1.54, 1.807) is 12.1 Å². The van der Waals surface area contributed by atoms with Crippen LogP contribution in [0.25, 0.3) is 0 Å². The fourth-order valence-electron chi connectivity index (χ4n) is 2.34. The predicted octanol–water partition coefficient (Wildman–Crippen LogP) is 2.44. The molecule has 0 spiro atoms. The Morgan fingerprint density at radius 1 is 1.56 bits per heavy atom. The van der Waals surface area contributed by atoms with Gasteiger partial charge in [-0.15, -0.1) is 0 Å². The van der Waals surface area contributed by atoms with Crippen LogP contribution in [0.1, 0.15) is 30.6 Å². The average Bonchev–Trinajstić information content (AvgIpc) is 2.75. The molecule has 1 fully saturated rings. The number of halogens is 1. The lowest BCUT2D eigenvalue weighted by atomic mass is 9.95. The molecule has 0 aliphatic carbocycles. The molecule has 1 saturated heterocycles. The third-order valence-corrected chi connectivity index (χ3v) is 3.71. The molecule has 1 aliphatic heterocycles. The Balaban J connectivity index is 2.12. The third kappa shape index (κ3) is 2.75. The summed E-state index contributed by atoms with van der Waals surface area (Å²) in [6, 6.07) is 3.15. The predicted molar refractivity (Wildman–Crippen MR) is 72.5 cm³/mol. The number of likely N-dealkylation sites (tertiary alicyclic amines) is 1. The number of amides is 1. The highest BCUT2D eigenvalue weighted by Crippen LogP contribution is 2.25. The molecule has 0 bridgehead atoms. The van der Waals surface area contributed by atoms with E-state index < -0.39 is 0 Å². The summed E-state index contributed by atoms with van der Waals surface area (Å²) in [4.78, 5) is 18.0. The monoisotopic (exact) mass is 267 g/mol. The Hall–Kier alpha value is -1.29. The number of pyridine rings is 1. The average molecular weight is 268 g/mol. The number of nitrogens with zero attached hydrogens (tertiary/aromatic N) is 2. The lowest BCUT2D eigenvalue weighted by Crippen LogP contribution is -2.29. The van der Waals surface area contributed by atoms with E-state index in [9.17, 15) is 4.79 Å². The maximum Gasteiger partial charge on any atom is 0.254 e. The molecule has 5 heteroatoms. The van der Waals surface area contributed by atoms with Gasteiger partial charge in [0.05, 0.1) is 0 Å². The first-order valence-corrected chi connectivity index (χ1v) is 6.57. The van der Waals surface area contributed by atoms with Crippen molar-refractivity contribution in [1.82, 2.24) is 9.88 Å². The topological polar surface area (TPSA) is 59.2 Å². The summed E-state index contributed by atoms with van der Waals surface area (Å²) in [7, 11) is 0. The maximum absolute atomic E-state index is 12.3. The number of nitrogens with two attached hydrogens (primary N) is 1. The Bertz CT molecular complexity index is 441. The first kappa shape index (κ1) is 13.1. The number of rotatable bonds is 2. The number of nitrogen functional groups attached to an aromatic ring is 1. The van der Waals surface area contributed by atoms with Crippen molar-refractivity contribution in [2.24, 2.45) is 11.8 Å². The second-order valence-electron chi connectivity index (χ2n) is 5.15. The van der Waals surface area contributed by atoms with Crippen molar-refractivity contribution in [2.75, 3.05) is 18.8 Å². The Morgan fingerprint density at radius 2 is 2.28 bits per heavy atom. The summed E-state index contributed by atoms with van der Waals surface area (Å²) >= 11 is 5.82. The van der Waals surface area contributed by atoms with Gasteiger partial charge in [0.1, 0.15) is 11.0 Å². The molecule has 1 aromatic rings. The molecule has 1 amide bonds. The quantitative estimate of drug-likeness (QED) is 0.838. The van der Waals surface area contributed by atoms with Crippen LogP contribution in [-0.4, -0.2) is 28.9 Å². The van der Waals surface area contributed by atoms with Gasteiger partial charge in [-0.3, -0.25) is 4.79 Å². The van der Waals surface area contributed by atoms with Crippen LogP contribution in [0, 0.1) is 11.8 Å². The second-order valence-corrected chi connectivity index (χ2v) is 5.53. The number of anilines is 1. The fraction of sp³-hybridized carbons (Fsp3) is 0.538. The minimum absolute atomic E-state index is 0.00542. The summed E-state index contributed by atoms with van der Waals surface area (Å²) in [6.07, 6.45) is 1.07. The van der Waals surface area contributed by atoms with Gasteiger partial charge >= 0.3 is 0 Å². The van der Waals surface area contributed by atoms with Crippen molar-refractivity contribution in [2.45, 2.75) is 20.3 Å². The summed E-state index contributed by atoms with van der Waals surface area (Å²) in [6.45, 7) is 6.01. The van der Waals surface area contributed by atoms with Gasteiger partial charge < -0.3 is 10.6 Å². The van der Waals surface area contributed by atoms with E-state index in [2.05, 4.69) is 18.8 Å². The van der Waals surface area contributed by atoms with Crippen LogP contribution in [0.4, 0.5) is 5.82 Å². The second kappa shape index (κ2) is 5.14. The Labute approximate surface area is 112 Å². The molecule has 2 heterocycles. The Kier molecular flexibility index (Phi) is 3.76. The molecule has 18 heavy (non-hydrogen) atoms. The largest absolute Gasteiger partial charge is 0.384 e. The molecular weight excluding hydrogens is 250 g/mol. The van der Waals surface area contributed by atoms with Crippen LogP contribution < -0.4 is 5.73 Å². The van der Waals surface area contributed by atoms with E-state index in [-0.39, 0.29) is 16.9 Å². The number of carbonyl (C=O) groups excluding carboxylic acids is 1. The van der Waals surface area contributed by atoms with Gasteiger partial charge in [0.2, 0.25) is 0 Å². The molecule has 1 aromatic heterocycles. The summed E-state index contributed by atoms with van der Waals surface area (Å²) in [5.74, 6) is 1.47. The van der Waals surface area contributed by atoms with Gasteiger partial charge in [-0.25, -0.2) is 4.98 Å². The van der Waals surface area contributed by atoms with Gasteiger partial charge in [-0.2, -0.15) is 0 Å². The van der Waals surface area contributed by atoms with Crippen molar-refractivity contribution in [3.8, 4) is 0 Å². The van der Waals surface area contributed by atoms with E-state index in [4.69, 9.17) is 17.3 Å². The number of hydrogen-bond acceptors (Lipinski definition) is 3. The van der Waals surface area contributed by atoms with Crippen LogP contribution >= 0.6 is 11.6 Å². The zero-order valence-corrected chi connectivity index (χ0v) is 11.4. The molecule has 0 saturated carbocycles. The number of hydrogen-bond donors (Lipinski definition) is 1. The number of carbonyl (C=O) groups is 1. The molecule has 4 nitrogen and oxygen atoms in total. The van der Waals surface area contributed by atoms with E-state index in [1.165, 1.54) is 0 Å². The van der Waals surface area contributed by atoms with Crippen molar-refractivity contribution >= 4 is 23.3 Å². The van der Waals surface area contributed by atoms with E-state index >= 15 is 0 Å². The smallest absolute Gasteiger partial charge is 0.254 e. The first-order valence-electron chi connectivity index (χ1n) is 6.19. The first-order chi connectivity index (χ1) is 8.47.